The Labute approximate surface area is 382 Å². The van der Waals surface area contributed by atoms with Crippen molar-refractivity contribution in [2.75, 3.05) is 26.2 Å². The van der Waals surface area contributed by atoms with E-state index in [1.807, 2.05) is 0 Å². The maximum absolute atomic E-state index is 14.1. The highest BCUT2D eigenvalue weighted by Crippen LogP contribution is 2.35. The lowest BCUT2D eigenvalue weighted by Gasteiger charge is -2.26. The van der Waals surface area contributed by atoms with Gasteiger partial charge in [0.2, 0.25) is 29.5 Å². The van der Waals surface area contributed by atoms with Gasteiger partial charge in [-0.1, -0.05) is 54.6 Å². The average molecular weight is 912 g/mol. The standard InChI is InChI=1S/C44H65N17O5/c45-37(63)30(10-3-19-54-41(46)47)59-39(65)32(12-5-21-56-43(50)51)61-40(66)33(13-6-22-57-44(52)53)60-38(64)31(11-4-20-55-42(48)49)58-34(62)14-1-7-25-23-28-17-15-26-8-2-9-27-16-18-29(24-25)36(28)35(26)27/h2,8-9,15-18,23-24,30-33H,1,3-7,10-14,19-22H2,(H2,45,63)(H,58,62)(H,59,65)(H,60,64)(H,61,66)(H4,46,47,54)(H4,48,49,55)(H4,50,51,56)(H4,52,53,57)/t30-,31-,32-,33-/m0/s1. The molecule has 0 radical (unpaired) electrons. The molecule has 0 heterocycles. The number of benzene rings is 4. The molecule has 0 unspecified atom stereocenters. The fraction of sp³-hybridized carbons (Fsp3) is 0.432. The van der Waals surface area contributed by atoms with Crippen molar-refractivity contribution < 1.29 is 24.0 Å². The Kier molecular flexibility index (Phi) is 19.8. The molecule has 22 heteroatoms. The summed E-state index contributed by atoms with van der Waals surface area (Å²) in [4.78, 5) is 83.5. The van der Waals surface area contributed by atoms with Crippen LogP contribution in [-0.2, 0) is 30.4 Å². The molecular formula is C44H65N17O5. The summed E-state index contributed by atoms with van der Waals surface area (Å²) in [6.45, 7) is 0.603. The van der Waals surface area contributed by atoms with Crippen molar-refractivity contribution in [2.45, 2.75) is 94.8 Å². The van der Waals surface area contributed by atoms with Crippen LogP contribution in [-0.4, -0.2) is 104 Å². The lowest BCUT2D eigenvalue weighted by atomic mass is 9.92. The van der Waals surface area contributed by atoms with Crippen molar-refractivity contribution in [3.63, 3.8) is 0 Å². The van der Waals surface area contributed by atoms with E-state index in [4.69, 9.17) is 51.6 Å². The summed E-state index contributed by atoms with van der Waals surface area (Å²) in [5, 5.41) is 17.9. The molecule has 0 aliphatic carbocycles. The number of carbonyl (C=O) groups excluding carboxylic acids is 5. The molecule has 0 saturated heterocycles. The lowest BCUT2D eigenvalue weighted by Crippen LogP contribution is -2.58. The molecule has 0 saturated carbocycles. The molecule has 0 bridgehead atoms. The van der Waals surface area contributed by atoms with Gasteiger partial charge in [-0.25, -0.2) is 0 Å². The molecule has 22 N–H and O–H groups in total. The molecule has 0 fully saturated rings. The summed E-state index contributed by atoms with van der Waals surface area (Å²) < 4.78 is 0. The first-order valence-electron chi connectivity index (χ1n) is 21.9. The van der Waals surface area contributed by atoms with Gasteiger partial charge in [0, 0.05) is 32.6 Å². The Morgan fingerprint density at radius 3 is 1.18 bits per heavy atom. The molecule has 0 aliphatic rings. The normalized spacial score (nSPS) is 12.8. The third-order valence-corrected chi connectivity index (χ3v) is 10.8. The number of hydrogen-bond donors (Lipinski definition) is 13. The number of aliphatic imine (C=N–C) groups is 4. The second kappa shape index (κ2) is 25.6. The van der Waals surface area contributed by atoms with Gasteiger partial charge < -0.3 is 72.9 Å². The van der Waals surface area contributed by atoms with Crippen LogP contribution in [0.25, 0.3) is 32.3 Å². The van der Waals surface area contributed by atoms with Crippen molar-refractivity contribution in [1.29, 1.82) is 0 Å². The fourth-order valence-electron chi connectivity index (χ4n) is 7.61. The van der Waals surface area contributed by atoms with Crippen molar-refractivity contribution >= 4 is 85.7 Å². The number of aryl methyl sites for hydroxylation is 1. The van der Waals surface area contributed by atoms with E-state index in [9.17, 15) is 24.0 Å². The zero-order valence-corrected chi connectivity index (χ0v) is 37.1. The zero-order valence-electron chi connectivity index (χ0n) is 37.1. The van der Waals surface area contributed by atoms with Crippen LogP contribution < -0.4 is 72.9 Å². The Balaban J connectivity index is 1.49. The monoisotopic (exact) mass is 912 g/mol. The summed E-state index contributed by atoms with van der Waals surface area (Å²) >= 11 is 0. The van der Waals surface area contributed by atoms with Crippen molar-refractivity contribution in [1.82, 2.24) is 21.3 Å². The van der Waals surface area contributed by atoms with Gasteiger partial charge in [-0.05, 0) is 102 Å². The summed E-state index contributed by atoms with van der Waals surface area (Å²) in [6, 6.07) is 14.4. The van der Waals surface area contributed by atoms with Crippen LogP contribution in [0.2, 0.25) is 0 Å². The van der Waals surface area contributed by atoms with Gasteiger partial charge in [0.25, 0.3) is 0 Å². The molecule has 4 aromatic carbocycles. The molecule has 356 valence electrons. The van der Waals surface area contributed by atoms with E-state index in [2.05, 4.69) is 95.8 Å². The van der Waals surface area contributed by atoms with Gasteiger partial charge in [0.15, 0.2) is 23.8 Å². The number of nitrogens with one attached hydrogen (secondary N) is 4. The minimum Gasteiger partial charge on any atom is -0.370 e. The summed E-state index contributed by atoms with van der Waals surface area (Å²) in [7, 11) is 0. The Hall–Kier alpha value is -7.65. The highest BCUT2D eigenvalue weighted by molar-refractivity contribution is 6.23. The summed E-state index contributed by atoms with van der Waals surface area (Å²) in [6.07, 6.45) is 2.61. The third-order valence-electron chi connectivity index (χ3n) is 10.8. The average Bonchev–Trinajstić information content (AvgIpc) is 3.26. The Bertz CT molecular complexity index is 2340. The third kappa shape index (κ3) is 16.5. The van der Waals surface area contributed by atoms with Crippen LogP contribution in [0.15, 0.2) is 74.6 Å². The molecule has 0 aliphatic heterocycles. The minimum absolute atomic E-state index is 0.0279. The van der Waals surface area contributed by atoms with Gasteiger partial charge in [0.05, 0.1) is 0 Å². The fourth-order valence-corrected chi connectivity index (χ4v) is 7.61. The Morgan fingerprint density at radius 1 is 0.439 bits per heavy atom. The summed E-state index contributed by atoms with van der Waals surface area (Å²) in [5.74, 6) is -3.91. The molecule has 4 rings (SSSR count). The molecule has 4 atom stereocenters. The Morgan fingerprint density at radius 2 is 0.788 bits per heavy atom. The van der Waals surface area contributed by atoms with Crippen LogP contribution in [0.4, 0.5) is 0 Å². The molecular weight excluding hydrogens is 847 g/mol. The highest BCUT2D eigenvalue weighted by Gasteiger charge is 2.31. The van der Waals surface area contributed by atoms with Gasteiger partial charge >= 0.3 is 0 Å². The van der Waals surface area contributed by atoms with Crippen LogP contribution in [0.5, 0.6) is 0 Å². The first kappa shape index (κ1) is 51.0. The second-order valence-electron chi connectivity index (χ2n) is 16.0. The van der Waals surface area contributed by atoms with Crippen molar-refractivity contribution in [2.24, 2.45) is 71.6 Å². The zero-order chi connectivity index (χ0) is 48.2. The number of rotatable bonds is 28. The SMILES string of the molecule is NC(=O)[C@H](CCCN=C(N)N)NC(=O)[C@H](CCCN=C(N)N)NC(=O)[C@H](CCCN=C(N)N)NC(=O)[C@H](CCCN=C(N)N)NC(=O)CCCc1cc2ccc3cccc4ccc(c1)c2c34. The van der Waals surface area contributed by atoms with Gasteiger partial charge in [-0.15, -0.1) is 0 Å². The van der Waals surface area contributed by atoms with E-state index in [-0.39, 0.29) is 101 Å². The number of nitrogens with two attached hydrogens (primary N) is 9. The lowest BCUT2D eigenvalue weighted by molar-refractivity contribution is -0.134. The van der Waals surface area contributed by atoms with E-state index in [1.54, 1.807) is 0 Å². The van der Waals surface area contributed by atoms with E-state index < -0.39 is 47.8 Å². The first-order chi connectivity index (χ1) is 31.5. The van der Waals surface area contributed by atoms with E-state index in [0.717, 1.165) is 16.3 Å². The molecule has 4 aromatic rings. The van der Waals surface area contributed by atoms with Gasteiger partial charge in [0.1, 0.15) is 24.2 Å². The predicted octanol–water partition coefficient (Wildman–Crippen LogP) is -1.45. The number of primary amides is 1. The van der Waals surface area contributed by atoms with Gasteiger partial charge in [-0.2, -0.15) is 0 Å². The first-order valence-corrected chi connectivity index (χ1v) is 21.9. The topological polar surface area (TPSA) is 417 Å². The second-order valence-corrected chi connectivity index (χ2v) is 16.0. The molecule has 0 spiro atoms. The number of amides is 5. The molecule has 22 nitrogen and oxygen atoms in total. The quantitative estimate of drug-likeness (QED) is 0.0134. The van der Waals surface area contributed by atoms with E-state index >= 15 is 0 Å². The van der Waals surface area contributed by atoms with Crippen LogP contribution in [0.3, 0.4) is 0 Å². The maximum Gasteiger partial charge on any atom is 0.243 e. The largest absolute Gasteiger partial charge is 0.370 e. The van der Waals surface area contributed by atoms with E-state index in [0.29, 0.717) is 25.7 Å². The smallest absolute Gasteiger partial charge is 0.243 e. The van der Waals surface area contributed by atoms with Gasteiger partial charge in [-0.3, -0.25) is 43.9 Å². The maximum atomic E-state index is 14.1. The predicted molar refractivity (Wildman–Crippen MR) is 260 cm³/mol. The summed E-state index contributed by atoms with van der Waals surface area (Å²) in [5.41, 5.74) is 50.5. The van der Waals surface area contributed by atoms with Crippen LogP contribution in [0.1, 0.15) is 69.8 Å². The molecule has 5 amide bonds. The number of nitrogens with zero attached hydrogens (tertiary/aromatic N) is 4. The van der Waals surface area contributed by atoms with Crippen LogP contribution >= 0.6 is 0 Å². The molecule has 0 aromatic heterocycles. The van der Waals surface area contributed by atoms with E-state index in [1.165, 1.54) is 21.5 Å². The highest BCUT2D eigenvalue weighted by atomic mass is 16.2. The number of carbonyl (C=O) groups is 5. The minimum atomic E-state index is -1.24. The number of guanidine groups is 4. The number of hydrogen-bond acceptors (Lipinski definition) is 9. The molecule has 66 heavy (non-hydrogen) atoms. The van der Waals surface area contributed by atoms with Crippen molar-refractivity contribution in [3.05, 3.63) is 60.2 Å². The van der Waals surface area contributed by atoms with Crippen molar-refractivity contribution in [3.8, 4) is 0 Å². The van der Waals surface area contributed by atoms with Crippen LogP contribution in [0, 0.1) is 0 Å².